The van der Waals surface area contributed by atoms with E-state index in [0.717, 1.165) is 87.2 Å². The highest BCUT2D eigenvalue weighted by molar-refractivity contribution is 5.79. The number of hydrogen-bond donors (Lipinski definition) is 0. The van der Waals surface area contributed by atoms with Crippen LogP contribution in [0.2, 0.25) is 0 Å². The van der Waals surface area contributed by atoms with Gasteiger partial charge in [0.25, 0.3) is 0 Å². The first-order chi connectivity index (χ1) is 19.3. The molecule has 0 saturated carbocycles. The molecule has 40 heavy (non-hydrogen) atoms. The summed E-state index contributed by atoms with van der Waals surface area (Å²) in [6.07, 6.45) is 6.54. The van der Waals surface area contributed by atoms with Crippen LogP contribution >= 0.6 is 0 Å². The molecular weight excluding hydrogens is 494 g/mol. The minimum absolute atomic E-state index is 0.276. The first-order valence-corrected chi connectivity index (χ1v) is 15.4. The van der Waals surface area contributed by atoms with Gasteiger partial charge in [0.05, 0.1) is 6.61 Å². The van der Waals surface area contributed by atoms with Crippen molar-refractivity contribution >= 4 is 11.4 Å². The van der Waals surface area contributed by atoms with Crippen LogP contribution < -0.4 is 14.5 Å². The average molecular weight is 546 g/mol. The second-order valence-corrected chi connectivity index (χ2v) is 11.9. The summed E-state index contributed by atoms with van der Waals surface area (Å²) in [5.74, 6) is 0. The van der Waals surface area contributed by atoms with Gasteiger partial charge in [0.1, 0.15) is 11.4 Å². The zero-order chi connectivity index (χ0) is 29.0. The Bertz CT molecular complexity index is 1130. The molecule has 0 N–H and O–H groups in total. The van der Waals surface area contributed by atoms with Crippen LogP contribution in [0.4, 0.5) is 11.4 Å². The zero-order valence-corrected chi connectivity index (χ0v) is 26.0. The lowest BCUT2D eigenvalue weighted by atomic mass is 9.91. The van der Waals surface area contributed by atoms with Gasteiger partial charge in [-0.2, -0.15) is 4.98 Å². The van der Waals surface area contributed by atoms with Crippen LogP contribution in [-0.4, -0.2) is 48.0 Å². The number of anilines is 2. The van der Waals surface area contributed by atoms with Crippen LogP contribution in [-0.2, 0) is 0 Å². The van der Waals surface area contributed by atoms with Crippen molar-refractivity contribution in [2.24, 2.45) is 5.41 Å². The molecular formula is C34H51N5O. The summed E-state index contributed by atoms with van der Waals surface area (Å²) in [6, 6.07) is 17.7. The number of hydrogen-bond acceptors (Lipinski definition) is 6. The number of rotatable bonds is 16. The Morgan fingerprint density at radius 2 is 1.07 bits per heavy atom. The summed E-state index contributed by atoms with van der Waals surface area (Å²) >= 11 is 0. The highest BCUT2D eigenvalue weighted by Gasteiger charge is 2.17. The first kappa shape index (κ1) is 31.4. The molecule has 6 nitrogen and oxygen atoms in total. The molecule has 3 aromatic rings. The van der Waals surface area contributed by atoms with Gasteiger partial charge in [0, 0.05) is 48.7 Å². The van der Waals surface area contributed by atoms with E-state index in [9.17, 15) is 0 Å². The standard InChI is InChI=1S/C34H51N5O/c1-8-22-38(23-9-2)29-17-13-27(14-18-29)31-32(36-37-33(35-31)40-26-12-21-34(5,6)7)28-15-19-30(20-16-28)39(24-10-3)25-11-4/h13-20H,8-12,21-26H2,1-7H3. The van der Waals surface area contributed by atoms with Crippen molar-refractivity contribution in [1.29, 1.82) is 0 Å². The third-order valence-corrected chi connectivity index (χ3v) is 6.96. The Balaban J connectivity index is 1.94. The smallest absolute Gasteiger partial charge is 0.336 e. The third kappa shape index (κ3) is 9.21. The Kier molecular flexibility index (Phi) is 12.2. The van der Waals surface area contributed by atoms with E-state index >= 15 is 0 Å². The van der Waals surface area contributed by atoms with E-state index in [1.807, 2.05) is 0 Å². The molecule has 0 saturated heterocycles. The van der Waals surface area contributed by atoms with Gasteiger partial charge in [-0.05, 0) is 68.2 Å². The minimum Gasteiger partial charge on any atom is -0.462 e. The zero-order valence-electron chi connectivity index (χ0n) is 26.0. The molecule has 3 rings (SSSR count). The summed E-state index contributed by atoms with van der Waals surface area (Å²) in [4.78, 5) is 9.79. The quantitative estimate of drug-likeness (QED) is 0.168. The second kappa shape index (κ2) is 15.6. The van der Waals surface area contributed by atoms with E-state index in [1.54, 1.807) is 0 Å². The molecule has 0 bridgehead atoms. The van der Waals surface area contributed by atoms with Crippen molar-refractivity contribution < 1.29 is 4.74 Å². The normalized spacial score (nSPS) is 11.5. The molecule has 6 heteroatoms. The van der Waals surface area contributed by atoms with Gasteiger partial charge in [0.15, 0.2) is 0 Å². The molecule has 0 unspecified atom stereocenters. The van der Waals surface area contributed by atoms with Crippen LogP contribution in [0, 0.1) is 5.41 Å². The van der Waals surface area contributed by atoms with Crippen LogP contribution in [0.1, 0.15) is 87.0 Å². The van der Waals surface area contributed by atoms with Crippen LogP contribution in [0.15, 0.2) is 48.5 Å². The second-order valence-electron chi connectivity index (χ2n) is 11.9. The van der Waals surface area contributed by atoms with E-state index in [4.69, 9.17) is 9.72 Å². The molecule has 0 atom stereocenters. The molecule has 218 valence electrons. The third-order valence-electron chi connectivity index (χ3n) is 6.96. The fourth-order valence-corrected chi connectivity index (χ4v) is 5.01. The van der Waals surface area contributed by atoms with Crippen molar-refractivity contribution in [2.45, 2.75) is 87.0 Å². The van der Waals surface area contributed by atoms with Gasteiger partial charge in [-0.15, -0.1) is 5.10 Å². The van der Waals surface area contributed by atoms with Gasteiger partial charge in [-0.1, -0.05) is 77.8 Å². The Morgan fingerprint density at radius 3 is 1.50 bits per heavy atom. The van der Waals surface area contributed by atoms with Crippen molar-refractivity contribution in [3.05, 3.63) is 48.5 Å². The van der Waals surface area contributed by atoms with Crippen LogP contribution in [0.5, 0.6) is 6.01 Å². The molecule has 0 spiro atoms. The van der Waals surface area contributed by atoms with Crippen molar-refractivity contribution in [3.63, 3.8) is 0 Å². The predicted molar refractivity (Wildman–Crippen MR) is 170 cm³/mol. The number of aromatic nitrogens is 3. The summed E-state index contributed by atoms with van der Waals surface area (Å²) in [5, 5.41) is 9.04. The maximum Gasteiger partial charge on any atom is 0.336 e. The van der Waals surface area contributed by atoms with Gasteiger partial charge in [0.2, 0.25) is 0 Å². The monoisotopic (exact) mass is 545 g/mol. The molecule has 0 aliphatic rings. The lowest BCUT2D eigenvalue weighted by Crippen LogP contribution is -2.24. The lowest BCUT2D eigenvalue weighted by molar-refractivity contribution is 0.251. The van der Waals surface area contributed by atoms with E-state index in [2.05, 4.69) is 117 Å². The van der Waals surface area contributed by atoms with E-state index in [-0.39, 0.29) is 5.41 Å². The van der Waals surface area contributed by atoms with Gasteiger partial charge in [-0.25, -0.2) is 0 Å². The average Bonchev–Trinajstić information content (AvgIpc) is 2.95. The Labute approximate surface area is 243 Å². The molecule has 1 aromatic heterocycles. The van der Waals surface area contributed by atoms with Crippen LogP contribution in [0.3, 0.4) is 0 Å². The van der Waals surface area contributed by atoms with Crippen molar-refractivity contribution in [1.82, 2.24) is 15.2 Å². The molecule has 0 amide bonds. The van der Waals surface area contributed by atoms with Crippen LogP contribution in [0.25, 0.3) is 22.5 Å². The Hall–Kier alpha value is -3.15. The van der Waals surface area contributed by atoms with E-state index in [0.29, 0.717) is 12.6 Å². The topological polar surface area (TPSA) is 54.4 Å². The maximum atomic E-state index is 5.99. The van der Waals surface area contributed by atoms with Gasteiger partial charge < -0.3 is 14.5 Å². The number of nitrogens with zero attached hydrogens (tertiary/aromatic N) is 5. The molecule has 0 radical (unpaired) electrons. The Morgan fingerprint density at radius 1 is 0.625 bits per heavy atom. The van der Waals surface area contributed by atoms with E-state index < -0.39 is 0 Å². The summed E-state index contributed by atoms with van der Waals surface area (Å²) in [6.45, 7) is 20.5. The summed E-state index contributed by atoms with van der Waals surface area (Å²) in [5.41, 5.74) is 6.36. The molecule has 2 aromatic carbocycles. The molecule has 0 fully saturated rings. The van der Waals surface area contributed by atoms with Crippen molar-refractivity contribution in [3.8, 4) is 28.5 Å². The van der Waals surface area contributed by atoms with Gasteiger partial charge >= 0.3 is 6.01 Å². The highest BCUT2D eigenvalue weighted by atomic mass is 16.5. The fraction of sp³-hybridized carbons (Fsp3) is 0.559. The maximum absolute atomic E-state index is 5.99. The SMILES string of the molecule is CCCN(CCC)c1ccc(-c2nnc(OCCCC(C)(C)C)nc2-c2ccc(N(CCC)CCC)cc2)cc1. The summed E-state index contributed by atoms with van der Waals surface area (Å²) in [7, 11) is 0. The predicted octanol–water partition coefficient (Wildman–Crippen LogP) is 8.66. The molecule has 0 aliphatic carbocycles. The first-order valence-electron chi connectivity index (χ1n) is 15.4. The number of ether oxygens (including phenoxy) is 1. The number of benzene rings is 2. The van der Waals surface area contributed by atoms with E-state index in [1.165, 1.54) is 11.4 Å². The minimum atomic E-state index is 0.276. The van der Waals surface area contributed by atoms with Gasteiger partial charge in [-0.3, -0.25) is 0 Å². The largest absolute Gasteiger partial charge is 0.462 e. The molecule has 1 heterocycles. The lowest BCUT2D eigenvalue weighted by Gasteiger charge is -2.24. The highest BCUT2D eigenvalue weighted by Crippen LogP contribution is 2.32. The van der Waals surface area contributed by atoms with Crippen molar-refractivity contribution in [2.75, 3.05) is 42.6 Å². The fourth-order valence-electron chi connectivity index (χ4n) is 5.01. The molecule has 0 aliphatic heterocycles. The summed E-state index contributed by atoms with van der Waals surface area (Å²) < 4.78 is 5.99.